The Bertz CT molecular complexity index is 1230. The van der Waals surface area contributed by atoms with Gasteiger partial charge in [0.05, 0.1) is 50.3 Å². The number of rotatable bonds is 16. The number of ether oxygens (including phenoxy) is 3. The molecule has 0 bridgehead atoms. The molecule has 1 saturated heterocycles. The fourth-order valence-corrected chi connectivity index (χ4v) is 6.77. The van der Waals surface area contributed by atoms with Crippen LogP contribution in [0.15, 0.2) is 72.8 Å². The quantitative estimate of drug-likeness (QED) is 0.117. The van der Waals surface area contributed by atoms with Gasteiger partial charge in [-0.3, -0.25) is 0 Å². The van der Waals surface area contributed by atoms with Gasteiger partial charge in [0.15, 0.2) is 0 Å². The molecule has 0 amide bonds. The van der Waals surface area contributed by atoms with Crippen LogP contribution in [-0.2, 0) is 30.2 Å². The standard InChI is InChI=1S/C39H52O7/c1-4-5-6-7-29-8-10-30(11-9-29)31-12-14-32(15-13-31)33-16-18-34(19-17-33)37-21-20-35(24-44-37)36(25-45-38(42)27(2)22-40)26-46-39(43)28(3)23-41/h8-15,33-37,40-41H,2-7,16-26H2,1H3. The average molecular weight is 633 g/mol. The predicted molar refractivity (Wildman–Crippen MR) is 180 cm³/mol. The number of benzene rings is 2. The van der Waals surface area contributed by atoms with Gasteiger partial charge in [-0.05, 0) is 91.4 Å². The summed E-state index contributed by atoms with van der Waals surface area (Å²) in [4.78, 5) is 24.2. The zero-order valence-electron chi connectivity index (χ0n) is 27.5. The summed E-state index contributed by atoms with van der Waals surface area (Å²) in [7, 11) is 0. The number of esters is 2. The molecule has 250 valence electrons. The second-order valence-electron chi connectivity index (χ2n) is 13.1. The summed E-state index contributed by atoms with van der Waals surface area (Å²) in [5.74, 6) is -0.512. The molecule has 2 N–H and O–H groups in total. The molecule has 2 aromatic carbocycles. The Hall–Kier alpha value is -3.26. The van der Waals surface area contributed by atoms with Gasteiger partial charge in [0.25, 0.3) is 0 Å². The van der Waals surface area contributed by atoms with E-state index in [1.165, 1.54) is 41.5 Å². The smallest absolute Gasteiger partial charge is 0.335 e. The maximum atomic E-state index is 12.1. The summed E-state index contributed by atoms with van der Waals surface area (Å²) in [5, 5.41) is 18.4. The molecule has 46 heavy (non-hydrogen) atoms. The molecule has 1 aliphatic carbocycles. The topological polar surface area (TPSA) is 102 Å². The van der Waals surface area contributed by atoms with Gasteiger partial charge in [0.2, 0.25) is 0 Å². The number of unbranched alkanes of at least 4 members (excludes halogenated alkanes) is 2. The maximum absolute atomic E-state index is 12.1. The first kappa shape index (κ1) is 35.6. The Morgan fingerprint density at radius 3 is 1.87 bits per heavy atom. The molecular formula is C39H52O7. The van der Waals surface area contributed by atoms with Crippen molar-refractivity contribution in [2.75, 3.05) is 33.0 Å². The van der Waals surface area contributed by atoms with E-state index in [4.69, 9.17) is 14.2 Å². The highest BCUT2D eigenvalue weighted by Gasteiger charge is 2.35. The number of hydrogen-bond acceptors (Lipinski definition) is 7. The lowest BCUT2D eigenvalue weighted by Crippen LogP contribution is -2.39. The molecule has 2 fully saturated rings. The van der Waals surface area contributed by atoms with Gasteiger partial charge in [0.1, 0.15) is 0 Å². The minimum absolute atomic E-state index is 0.0175. The fraction of sp³-hybridized carbons (Fsp3) is 0.538. The van der Waals surface area contributed by atoms with Crippen LogP contribution < -0.4 is 0 Å². The van der Waals surface area contributed by atoms with E-state index in [0.717, 1.165) is 44.9 Å². The normalized spacial score (nSPS) is 21.5. The van der Waals surface area contributed by atoms with Crippen LogP contribution >= 0.6 is 0 Å². The molecule has 2 aromatic rings. The Morgan fingerprint density at radius 1 is 0.804 bits per heavy atom. The summed E-state index contributed by atoms with van der Waals surface area (Å²) in [6, 6.07) is 18.2. The summed E-state index contributed by atoms with van der Waals surface area (Å²) in [5.41, 5.74) is 5.31. The van der Waals surface area contributed by atoms with Gasteiger partial charge in [-0.15, -0.1) is 0 Å². The monoisotopic (exact) mass is 632 g/mol. The number of aryl methyl sites for hydroxylation is 1. The first-order valence-electron chi connectivity index (χ1n) is 17.0. The Morgan fingerprint density at radius 2 is 1.37 bits per heavy atom. The molecule has 0 radical (unpaired) electrons. The van der Waals surface area contributed by atoms with E-state index in [9.17, 15) is 19.8 Å². The van der Waals surface area contributed by atoms with Crippen LogP contribution in [0.2, 0.25) is 0 Å². The highest BCUT2D eigenvalue weighted by atomic mass is 16.5. The highest BCUT2D eigenvalue weighted by Crippen LogP contribution is 2.41. The van der Waals surface area contributed by atoms with Crippen LogP contribution in [-0.4, -0.2) is 61.3 Å². The molecule has 1 aliphatic heterocycles. The lowest BCUT2D eigenvalue weighted by molar-refractivity contribution is -0.149. The molecule has 1 heterocycles. The van der Waals surface area contributed by atoms with Gasteiger partial charge in [0, 0.05) is 5.92 Å². The second-order valence-corrected chi connectivity index (χ2v) is 13.1. The molecular weight excluding hydrogens is 580 g/mol. The van der Waals surface area contributed by atoms with Crippen molar-refractivity contribution >= 4 is 11.9 Å². The summed E-state index contributed by atoms with van der Waals surface area (Å²) < 4.78 is 17.1. The second kappa shape index (κ2) is 18.2. The van der Waals surface area contributed by atoms with Crippen molar-refractivity contribution in [2.24, 2.45) is 17.8 Å². The van der Waals surface area contributed by atoms with Gasteiger partial charge in [-0.25, -0.2) is 9.59 Å². The molecule has 0 aromatic heterocycles. The molecule has 2 unspecified atom stereocenters. The van der Waals surface area contributed by atoms with E-state index < -0.39 is 25.2 Å². The molecule has 2 aliphatic rings. The SMILES string of the molecule is C=C(CO)C(=O)OCC(COC(=O)C(=C)CO)C1CCC(C2CCC(c3ccc(-c4ccc(CCCCC)cc4)cc3)CC2)OC1. The molecule has 7 heteroatoms. The van der Waals surface area contributed by atoms with Crippen LogP contribution in [0.4, 0.5) is 0 Å². The van der Waals surface area contributed by atoms with Gasteiger partial charge in [-0.1, -0.05) is 81.5 Å². The molecule has 2 atom stereocenters. The summed E-state index contributed by atoms with van der Waals surface area (Å²) >= 11 is 0. The Labute approximate surface area is 274 Å². The molecule has 4 rings (SSSR count). The third-order valence-corrected chi connectivity index (χ3v) is 9.87. The van der Waals surface area contributed by atoms with Crippen molar-refractivity contribution in [3.8, 4) is 11.1 Å². The minimum Gasteiger partial charge on any atom is -0.462 e. The lowest BCUT2D eigenvalue weighted by Gasteiger charge is -2.39. The fourth-order valence-electron chi connectivity index (χ4n) is 6.77. The van der Waals surface area contributed by atoms with Crippen molar-refractivity contribution in [1.82, 2.24) is 0 Å². The lowest BCUT2D eigenvalue weighted by atomic mass is 9.74. The van der Waals surface area contributed by atoms with E-state index in [2.05, 4.69) is 68.6 Å². The van der Waals surface area contributed by atoms with E-state index in [0.29, 0.717) is 18.4 Å². The maximum Gasteiger partial charge on any atom is 0.335 e. The number of carbonyl (C=O) groups excluding carboxylic acids is 2. The Kier molecular flexibility index (Phi) is 14.1. The van der Waals surface area contributed by atoms with Gasteiger partial charge < -0.3 is 24.4 Å². The average Bonchev–Trinajstić information content (AvgIpc) is 3.11. The highest BCUT2D eigenvalue weighted by molar-refractivity contribution is 5.88. The third kappa shape index (κ3) is 10.1. The van der Waals surface area contributed by atoms with Crippen molar-refractivity contribution in [3.63, 3.8) is 0 Å². The zero-order valence-corrected chi connectivity index (χ0v) is 27.5. The number of carbonyl (C=O) groups is 2. The number of hydrogen-bond donors (Lipinski definition) is 2. The predicted octanol–water partition coefficient (Wildman–Crippen LogP) is 6.95. The zero-order chi connectivity index (χ0) is 32.9. The van der Waals surface area contributed by atoms with Crippen molar-refractivity contribution in [2.45, 2.75) is 83.2 Å². The van der Waals surface area contributed by atoms with Crippen LogP contribution in [0.5, 0.6) is 0 Å². The van der Waals surface area contributed by atoms with Crippen LogP contribution in [0.3, 0.4) is 0 Å². The van der Waals surface area contributed by atoms with Crippen LogP contribution in [0.1, 0.15) is 81.8 Å². The van der Waals surface area contributed by atoms with Crippen molar-refractivity contribution in [3.05, 3.63) is 84.0 Å². The third-order valence-electron chi connectivity index (χ3n) is 9.87. The molecule has 7 nitrogen and oxygen atoms in total. The van der Waals surface area contributed by atoms with Crippen LogP contribution in [0.25, 0.3) is 11.1 Å². The summed E-state index contributed by atoms with van der Waals surface area (Å²) in [6.45, 7) is 8.83. The van der Waals surface area contributed by atoms with E-state index >= 15 is 0 Å². The van der Waals surface area contributed by atoms with Gasteiger partial charge >= 0.3 is 11.9 Å². The minimum atomic E-state index is -0.675. The van der Waals surface area contributed by atoms with Crippen molar-refractivity contribution < 1.29 is 34.0 Å². The Balaban J connectivity index is 1.25. The van der Waals surface area contributed by atoms with Gasteiger partial charge in [-0.2, -0.15) is 0 Å². The van der Waals surface area contributed by atoms with E-state index in [1.807, 2.05) is 0 Å². The molecule has 1 saturated carbocycles. The van der Waals surface area contributed by atoms with Crippen LogP contribution in [0, 0.1) is 17.8 Å². The first-order chi connectivity index (χ1) is 22.3. The number of aliphatic hydroxyl groups excluding tert-OH is 2. The van der Waals surface area contributed by atoms with Crippen molar-refractivity contribution in [1.29, 1.82) is 0 Å². The van der Waals surface area contributed by atoms with E-state index in [-0.39, 0.29) is 42.3 Å². The first-order valence-corrected chi connectivity index (χ1v) is 17.0. The largest absolute Gasteiger partial charge is 0.462 e. The molecule has 0 spiro atoms. The number of aliphatic hydroxyl groups is 2. The van der Waals surface area contributed by atoms with E-state index in [1.54, 1.807) is 0 Å². The summed E-state index contributed by atoms with van der Waals surface area (Å²) in [6.07, 6.45) is 11.5.